The molecule has 0 saturated carbocycles. The smallest absolute Gasteiger partial charge is 0.319 e. The maximum absolute atomic E-state index is 14.2. The molecule has 10 nitrogen and oxygen atoms in total. The van der Waals surface area contributed by atoms with Crippen LogP contribution in [0.5, 0.6) is 0 Å². The van der Waals surface area contributed by atoms with Gasteiger partial charge in [0.25, 0.3) is 0 Å². The monoisotopic (exact) mass is 621 g/mol. The van der Waals surface area contributed by atoms with Gasteiger partial charge in [-0.2, -0.15) is 0 Å². The first-order chi connectivity index (χ1) is 20.5. The van der Waals surface area contributed by atoms with E-state index in [9.17, 15) is 14.7 Å². The van der Waals surface area contributed by atoms with Crippen LogP contribution in [0.25, 0.3) is 0 Å². The van der Waals surface area contributed by atoms with Crippen molar-refractivity contribution >= 4 is 11.8 Å². The average molecular weight is 622 g/mol. The van der Waals surface area contributed by atoms with Crippen molar-refractivity contribution < 1.29 is 33.6 Å². The third-order valence-electron chi connectivity index (χ3n) is 10.0. The highest BCUT2D eigenvalue weighted by Gasteiger charge is 2.51. The van der Waals surface area contributed by atoms with Gasteiger partial charge >= 0.3 is 5.97 Å². The highest BCUT2D eigenvalue weighted by molar-refractivity contribution is 6.04. The third-order valence-corrected chi connectivity index (χ3v) is 10.0. The summed E-state index contributed by atoms with van der Waals surface area (Å²) in [5.74, 6) is -1.48. The van der Waals surface area contributed by atoms with Gasteiger partial charge in [-0.1, -0.05) is 31.6 Å². The summed E-state index contributed by atoms with van der Waals surface area (Å²) in [5.41, 5.74) is -1.11. The largest absolute Gasteiger partial charge is 0.463 e. The SMILES string of the molecule is C=CCN1CC=C([C@H]2COC(=O)C(C)(C)C(=O)[C@H](C)[C@@H](O[C@@H]3O[C@H](C)C[C@H](N(C)C)[C@H]3O)[C@](C)(OC)C[C@@H](C)CN2C)CC1. The summed E-state index contributed by atoms with van der Waals surface area (Å²) in [6, 6.07) is -0.278. The number of hydrogen-bond donors (Lipinski definition) is 1. The van der Waals surface area contributed by atoms with Crippen molar-refractivity contribution in [3.8, 4) is 0 Å². The number of carbonyl (C=O) groups excluding carboxylic acids is 2. The number of Topliss-reactive ketones (excluding diaryl/α,β-unsaturated/α-hetero) is 1. The Kier molecular flexibility index (Phi) is 12.8. The lowest BCUT2D eigenvalue weighted by molar-refractivity contribution is -0.295. The number of carbonyl (C=O) groups is 2. The van der Waals surface area contributed by atoms with Crippen LogP contribution in [0.1, 0.15) is 60.8 Å². The normalized spacial score (nSPS) is 38.7. The molecule has 2 saturated heterocycles. The molecule has 0 aromatic heterocycles. The number of aliphatic hydroxyl groups is 1. The summed E-state index contributed by atoms with van der Waals surface area (Å²) in [6.45, 7) is 18.4. The van der Waals surface area contributed by atoms with Crippen LogP contribution in [0.4, 0.5) is 0 Å². The van der Waals surface area contributed by atoms with Crippen LogP contribution in [-0.4, -0.2) is 135 Å². The molecular formula is C34H59N3O7. The van der Waals surface area contributed by atoms with E-state index in [0.29, 0.717) is 12.8 Å². The number of aliphatic hydroxyl groups excluding tert-OH is 1. The molecule has 0 unspecified atom stereocenters. The van der Waals surface area contributed by atoms with Gasteiger partial charge in [-0.3, -0.25) is 19.4 Å². The van der Waals surface area contributed by atoms with Gasteiger partial charge < -0.3 is 29.0 Å². The standard InChI is InChI=1S/C34H59N3O7/c1-12-15-37-16-13-25(14-17-37)27-21-42-32(40)33(5,6)29(39)24(4)30(34(7,41-11)19-22(2)20-36(27)10)44-31-28(38)26(35(8)9)18-23(3)43-31/h12-13,22-24,26-28,30-31,38H,1,14-21H2,2-11H3/t22-,23-,24+,26+,27-,28-,30-,31+,34-/m1/s1. The van der Waals surface area contributed by atoms with Crippen molar-refractivity contribution in [2.75, 3.05) is 61.0 Å². The van der Waals surface area contributed by atoms with Gasteiger partial charge in [-0.05, 0) is 74.0 Å². The van der Waals surface area contributed by atoms with E-state index in [-0.39, 0.29) is 36.5 Å². The Morgan fingerprint density at radius 1 is 1.20 bits per heavy atom. The van der Waals surface area contributed by atoms with E-state index in [1.165, 1.54) is 5.57 Å². The van der Waals surface area contributed by atoms with Gasteiger partial charge in [0.05, 0.1) is 23.9 Å². The van der Waals surface area contributed by atoms with Crippen LogP contribution in [0.2, 0.25) is 0 Å². The molecule has 0 aromatic rings. The third kappa shape index (κ3) is 8.37. The Balaban J connectivity index is 1.98. The topological polar surface area (TPSA) is 101 Å². The lowest BCUT2D eigenvalue weighted by Crippen LogP contribution is -2.59. The molecule has 2 fully saturated rings. The molecule has 10 heteroatoms. The Hall–Kier alpha value is -1.66. The van der Waals surface area contributed by atoms with Crippen molar-refractivity contribution in [3.63, 3.8) is 0 Å². The predicted molar refractivity (Wildman–Crippen MR) is 171 cm³/mol. The minimum Gasteiger partial charge on any atom is -0.463 e. The lowest BCUT2D eigenvalue weighted by Gasteiger charge is -2.47. The fourth-order valence-corrected chi connectivity index (χ4v) is 7.32. The number of likely N-dealkylation sites (N-methyl/N-ethyl adjacent to an activating group) is 2. The zero-order valence-electron chi connectivity index (χ0n) is 28.9. The maximum atomic E-state index is 14.2. The highest BCUT2D eigenvalue weighted by atomic mass is 16.7. The number of methoxy groups -OCH3 is 1. The van der Waals surface area contributed by atoms with Crippen molar-refractivity contribution in [2.45, 2.75) is 103 Å². The van der Waals surface area contributed by atoms with Gasteiger partial charge in [0.2, 0.25) is 0 Å². The molecule has 0 radical (unpaired) electrons. The van der Waals surface area contributed by atoms with Crippen molar-refractivity contribution in [1.82, 2.24) is 14.7 Å². The molecule has 0 aliphatic carbocycles. The van der Waals surface area contributed by atoms with Crippen LogP contribution in [0, 0.1) is 17.3 Å². The van der Waals surface area contributed by atoms with E-state index in [0.717, 1.165) is 32.6 Å². The minimum atomic E-state index is -1.42. The number of cyclic esters (lactones) is 1. The fraction of sp³-hybridized carbons (Fsp3) is 0.824. The van der Waals surface area contributed by atoms with Crippen molar-refractivity contribution in [2.24, 2.45) is 17.3 Å². The molecule has 3 heterocycles. The molecule has 3 rings (SSSR count). The Morgan fingerprint density at radius 2 is 1.89 bits per heavy atom. The van der Waals surface area contributed by atoms with Crippen molar-refractivity contribution in [3.05, 3.63) is 24.3 Å². The maximum Gasteiger partial charge on any atom is 0.319 e. The second-order valence-electron chi connectivity index (χ2n) is 14.4. The lowest BCUT2D eigenvalue weighted by atomic mass is 9.74. The zero-order chi connectivity index (χ0) is 33.0. The summed E-state index contributed by atoms with van der Waals surface area (Å²) in [5, 5.41) is 11.3. The summed E-state index contributed by atoms with van der Waals surface area (Å²) >= 11 is 0. The average Bonchev–Trinajstić information content (AvgIpc) is 2.96. The molecule has 9 atom stereocenters. The van der Waals surface area contributed by atoms with Crippen LogP contribution in [-0.2, 0) is 28.5 Å². The van der Waals surface area contributed by atoms with Crippen LogP contribution >= 0.6 is 0 Å². The number of esters is 1. The van der Waals surface area contributed by atoms with E-state index in [4.69, 9.17) is 18.9 Å². The molecule has 0 bridgehead atoms. The van der Waals surface area contributed by atoms with E-state index in [1.807, 2.05) is 38.9 Å². The summed E-state index contributed by atoms with van der Waals surface area (Å²) in [7, 11) is 7.55. The molecule has 0 aromatic carbocycles. The zero-order valence-corrected chi connectivity index (χ0v) is 28.9. The highest BCUT2D eigenvalue weighted by Crippen LogP contribution is 2.38. The van der Waals surface area contributed by atoms with Gasteiger partial charge in [-0.15, -0.1) is 6.58 Å². The number of nitrogens with zero attached hydrogens (tertiary/aromatic N) is 3. The van der Waals surface area contributed by atoms with E-state index in [2.05, 4.69) is 36.4 Å². The van der Waals surface area contributed by atoms with Gasteiger partial charge in [-0.25, -0.2) is 0 Å². The second kappa shape index (κ2) is 15.3. The second-order valence-corrected chi connectivity index (χ2v) is 14.4. The first-order valence-corrected chi connectivity index (χ1v) is 16.2. The van der Waals surface area contributed by atoms with Crippen LogP contribution in [0.3, 0.4) is 0 Å². The Morgan fingerprint density at radius 3 is 2.45 bits per heavy atom. The molecule has 3 aliphatic rings. The number of hydrogen-bond acceptors (Lipinski definition) is 10. The number of rotatable bonds is 7. The molecule has 1 N–H and O–H groups in total. The molecule has 3 aliphatic heterocycles. The van der Waals surface area contributed by atoms with Gasteiger partial charge in [0, 0.05) is 45.2 Å². The Labute approximate surface area is 265 Å². The summed E-state index contributed by atoms with van der Waals surface area (Å²) in [6.07, 6.45) is 3.41. The van der Waals surface area contributed by atoms with Crippen molar-refractivity contribution in [1.29, 1.82) is 0 Å². The van der Waals surface area contributed by atoms with E-state index < -0.39 is 41.4 Å². The fourth-order valence-electron chi connectivity index (χ4n) is 7.32. The molecule has 252 valence electrons. The number of ketones is 1. The van der Waals surface area contributed by atoms with Crippen LogP contribution in [0.15, 0.2) is 24.3 Å². The number of ether oxygens (including phenoxy) is 4. The summed E-state index contributed by atoms with van der Waals surface area (Å²) in [4.78, 5) is 34.4. The molecule has 0 spiro atoms. The summed E-state index contributed by atoms with van der Waals surface area (Å²) < 4.78 is 24.9. The van der Waals surface area contributed by atoms with Gasteiger partial charge in [0.1, 0.15) is 18.1 Å². The van der Waals surface area contributed by atoms with Crippen LogP contribution < -0.4 is 0 Å². The molecule has 44 heavy (non-hydrogen) atoms. The Bertz CT molecular complexity index is 1030. The molecule has 0 amide bonds. The predicted octanol–water partition coefficient (Wildman–Crippen LogP) is 3.14. The first-order valence-electron chi connectivity index (χ1n) is 16.2. The minimum absolute atomic E-state index is 0.104. The quantitative estimate of drug-likeness (QED) is 0.259. The first kappa shape index (κ1) is 36.8. The van der Waals surface area contributed by atoms with Gasteiger partial charge in [0.15, 0.2) is 12.1 Å². The molecular weight excluding hydrogens is 562 g/mol. The van der Waals surface area contributed by atoms with E-state index in [1.54, 1.807) is 27.9 Å². The van der Waals surface area contributed by atoms with E-state index >= 15 is 0 Å².